The maximum Gasteiger partial charge on any atom is 0.309 e. The second-order valence-corrected chi connectivity index (χ2v) is 13.5. The maximum atomic E-state index is 13.7. The van der Waals surface area contributed by atoms with E-state index in [2.05, 4.69) is 15.6 Å². The lowest BCUT2D eigenvalue weighted by molar-refractivity contribution is -0.149. The van der Waals surface area contributed by atoms with Gasteiger partial charge in [-0.2, -0.15) is 0 Å². The summed E-state index contributed by atoms with van der Waals surface area (Å²) < 4.78 is 5.73. The van der Waals surface area contributed by atoms with E-state index in [0.717, 1.165) is 5.56 Å². The van der Waals surface area contributed by atoms with Gasteiger partial charge in [-0.25, -0.2) is 4.98 Å². The Labute approximate surface area is 276 Å². The zero-order chi connectivity index (χ0) is 34.4. The summed E-state index contributed by atoms with van der Waals surface area (Å²) in [5.74, 6) is -2.16. The highest BCUT2D eigenvalue weighted by molar-refractivity contribution is 7.09. The number of ether oxygens (including phenoxy) is 1. The number of thiazole rings is 1. The quantitative estimate of drug-likeness (QED) is 0.130. The van der Waals surface area contributed by atoms with Crippen molar-refractivity contribution >= 4 is 41.5 Å². The molecule has 0 spiro atoms. The van der Waals surface area contributed by atoms with Crippen LogP contribution in [0.25, 0.3) is 0 Å². The van der Waals surface area contributed by atoms with Crippen molar-refractivity contribution in [2.45, 2.75) is 111 Å². The smallest absolute Gasteiger partial charge is 0.309 e. The normalized spacial score (nSPS) is 14.1. The van der Waals surface area contributed by atoms with Crippen LogP contribution in [-0.4, -0.2) is 69.8 Å². The summed E-state index contributed by atoms with van der Waals surface area (Å²) in [5.41, 5.74) is 0.00762. The molecule has 0 radical (unpaired) electrons. The van der Waals surface area contributed by atoms with E-state index in [4.69, 9.17) is 4.74 Å². The monoisotopic (exact) mass is 658 g/mol. The molecule has 3 N–H and O–H groups in total. The fraction of sp³-hybridized carbons (Fsp3) is 0.588. The Morgan fingerprint density at radius 3 is 2.33 bits per heavy atom. The third-order valence-electron chi connectivity index (χ3n) is 7.85. The topological polar surface area (TPSA) is 155 Å². The highest BCUT2D eigenvalue weighted by atomic mass is 32.1. The van der Waals surface area contributed by atoms with Crippen molar-refractivity contribution in [2.24, 2.45) is 11.3 Å². The molecule has 1 aromatic carbocycles. The van der Waals surface area contributed by atoms with Gasteiger partial charge in [0.15, 0.2) is 6.10 Å². The third-order valence-corrected chi connectivity index (χ3v) is 8.79. The second-order valence-electron chi connectivity index (χ2n) is 12.6. The average molecular weight is 659 g/mol. The Hall–Kier alpha value is -3.80. The van der Waals surface area contributed by atoms with Crippen molar-refractivity contribution in [3.8, 4) is 0 Å². The van der Waals surface area contributed by atoms with Crippen molar-refractivity contribution in [1.29, 1.82) is 0 Å². The molecule has 12 heteroatoms. The number of aliphatic carboxylic acids is 1. The summed E-state index contributed by atoms with van der Waals surface area (Å²) >= 11 is 1.18. The van der Waals surface area contributed by atoms with Crippen molar-refractivity contribution in [1.82, 2.24) is 20.5 Å². The highest BCUT2D eigenvalue weighted by Gasteiger charge is 2.35. The Kier molecular flexibility index (Phi) is 15.3. The molecule has 0 fully saturated rings. The second kappa shape index (κ2) is 18.4. The number of carbonyl (C=O) groups is 5. The van der Waals surface area contributed by atoms with Crippen molar-refractivity contribution in [2.75, 3.05) is 6.54 Å². The summed E-state index contributed by atoms with van der Waals surface area (Å²) in [7, 11) is 0. The molecule has 1 aromatic heterocycles. The average Bonchev–Trinajstić information content (AvgIpc) is 3.48. The molecular weight excluding hydrogens is 608 g/mol. The predicted molar refractivity (Wildman–Crippen MR) is 177 cm³/mol. The van der Waals surface area contributed by atoms with Gasteiger partial charge in [-0.05, 0) is 51.0 Å². The van der Waals surface area contributed by atoms with Gasteiger partial charge < -0.3 is 25.4 Å². The molecule has 0 aliphatic rings. The van der Waals surface area contributed by atoms with E-state index in [0.29, 0.717) is 43.6 Å². The van der Waals surface area contributed by atoms with Gasteiger partial charge in [-0.15, -0.1) is 11.3 Å². The number of aromatic nitrogens is 1. The molecule has 254 valence electrons. The predicted octanol–water partition coefficient (Wildman–Crippen LogP) is 5.16. The van der Waals surface area contributed by atoms with E-state index in [1.54, 1.807) is 24.1 Å². The molecule has 46 heavy (non-hydrogen) atoms. The number of amides is 3. The van der Waals surface area contributed by atoms with Crippen LogP contribution in [0.2, 0.25) is 0 Å². The first-order valence-corrected chi connectivity index (χ1v) is 16.8. The van der Waals surface area contributed by atoms with Crippen LogP contribution < -0.4 is 10.6 Å². The van der Waals surface area contributed by atoms with Gasteiger partial charge in [0.25, 0.3) is 5.91 Å². The number of esters is 1. The van der Waals surface area contributed by atoms with Gasteiger partial charge in [0.2, 0.25) is 12.3 Å². The summed E-state index contributed by atoms with van der Waals surface area (Å²) in [6.07, 6.45) is 2.51. The molecule has 3 amide bonds. The van der Waals surface area contributed by atoms with Crippen LogP contribution in [0.1, 0.15) is 108 Å². The van der Waals surface area contributed by atoms with Gasteiger partial charge in [0.05, 0.1) is 5.41 Å². The molecule has 2 unspecified atom stereocenters. The molecule has 4 atom stereocenters. The Morgan fingerprint density at radius 2 is 1.78 bits per heavy atom. The zero-order valence-electron chi connectivity index (χ0n) is 28.1. The van der Waals surface area contributed by atoms with Crippen molar-refractivity contribution in [3.05, 3.63) is 52.0 Å². The van der Waals surface area contributed by atoms with Gasteiger partial charge >= 0.3 is 11.9 Å². The van der Waals surface area contributed by atoms with E-state index < -0.39 is 41.4 Å². The highest BCUT2D eigenvalue weighted by Crippen LogP contribution is 2.32. The number of nitrogens with one attached hydrogen (secondary N) is 2. The number of carboxylic acids is 1. The zero-order valence-corrected chi connectivity index (χ0v) is 28.9. The fourth-order valence-corrected chi connectivity index (χ4v) is 6.32. The lowest BCUT2D eigenvalue weighted by atomic mass is 9.84. The molecule has 0 saturated carbocycles. The van der Waals surface area contributed by atoms with Gasteiger partial charge in [0, 0.05) is 37.4 Å². The van der Waals surface area contributed by atoms with Crippen molar-refractivity contribution < 1.29 is 33.8 Å². The van der Waals surface area contributed by atoms with E-state index in [9.17, 15) is 29.1 Å². The maximum absolute atomic E-state index is 13.7. The minimum atomic E-state index is -1.08. The number of benzene rings is 1. The molecule has 1 heterocycles. The molecular formula is C34H50N4O7S. The largest absolute Gasteiger partial charge is 0.481 e. The van der Waals surface area contributed by atoms with E-state index in [1.807, 2.05) is 58.0 Å². The summed E-state index contributed by atoms with van der Waals surface area (Å²) in [5, 5.41) is 17.4. The molecule has 11 nitrogen and oxygen atoms in total. The van der Waals surface area contributed by atoms with Crippen LogP contribution in [-0.2, 0) is 30.3 Å². The number of rotatable bonds is 20. The Bertz CT molecular complexity index is 1300. The van der Waals surface area contributed by atoms with Crippen LogP contribution >= 0.6 is 11.3 Å². The molecule has 0 bridgehead atoms. The molecule has 2 aromatic rings. The minimum absolute atomic E-state index is 0.0221. The molecule has 0 aliphatic heterocycles. The van der Waals surface area contributed by atoms with E-state index in [-0.39, 0.29) is 36.4 Å². The minimum Gasteiger partial charge on any atom is -0.481 e. The lowest BCUT2D eigenvalue weighted by Crippen LogP contribution is -2.52. The summed E-state index contributed by atoms with van der Waals surface area (Å²) in [4.78, 5) is 68.8. The number of hydrogen-bond acceptors (Lipinski definition) is 8. The molecule has 0 saturated heterocycles. The van der Waals surface area contributed by atoms with Gasteiger partial charge in [0.1, 0.15) is 16.7 Å². The molecule has 2 rings (SSSR count). The molecule has 0 aliphatic carbocycles. The van der Waals surface area contributed by atoms with Crippen LogP contribution in [0.3, 0.4) is 0 Å². The van der Waals surface area contributed by atoms with E-state index in [1.165, 1.54) is 18.3 Å². The SMILES string of the molecule is CCC[C@H](NC=O)C(=O)N(CCC)C(CC(OC(C)=O)c1nc(C(=O)N[C@@H](Cc2ccccc2)CC(C)(C)C(=O)O)cs1)C(C)C. The first kappa shape index (κ1) is 38.4. The standard InChI is InChI=1S/C34H50N4O7S/c1-8-13-26(35-21-39)32(42)38(16-9-2)28(22(3)4)18-29(45-23(5)40)31-37-27(20-46-31)30(41)36-25(19-34(6,7)33(43)44)17-24-14-11-10-12-15-24/h10-12,14-15,20-22,25-26,28-29H,8-9,13,16-19H2,1-7H3,(H,35,39)(H,36,41)(H,43,44)/t25-,26-,28?,29?/m0/s1. The number of carboxylic acid groups (broad SMARTS) is 1. The first-order chi connectivity index (χ1) is 21.7. The van der Waals surface area contributed by atoms with Crippen LogP contribution in [0.5, 0.6) is 0 Å². The summed E-state index contributed by atoms with van der Waals surface area (Å²) in [6.45, 7) is 12.9. The fourth-order valence-electron chi connectivity index (χ4n) is 5.48. The van der Waals surface area contributed by atoms with E-state index >= 15 is 0 Å². The Balaban J connectivity index is 2.37. The Morgan fingerprint density at radius 1 is 1.11 bits per heavy atom. The van der Waals surface area contributed by atoms with Gasteiger partial charge in [-0.3, -0.25) is 24.0 Å². The lowest BCUT2D eigenvalue weighted by Gasteiger charge is -2.38. The number of nitrogens with zero attached hydrogens (tertiary/aromatic N) is 2. The van der Waals surface area contributed by atoms with Crippen LogP contribution in [0.15, 0.2) is 35.7 Å². The summed E-state index contributed by atoms with van der Waals surface area (Å²) in [6, 6.07) is 8.03. The van der Waals surface area contributed by atoms with Crippen LogP contribution in [0, 0.1) is 11.3 Å². The van der Waals surface area contributed by atoms with Crippen LogP contribution in [0.4, 0.5) is 0 Å². The number of hydrogen-bond donors (Lipinski definition) is 3. The van der Waals surface area contributed by atoms with Gasteiger partial charge in [-0.1, -0.05) is 64.4 Å². The van der Waals surface area contributed by atoms with Crippen molar-refractivity contribution in [3.63, 3.8) is 0 Å². The third kappa shape index (κ3) is 11.5. The first-order valence-electron chi connectivity index (χ1n) is 15.9. The number of carbonyl (C=O) groups excluding carboxylic acids is 4.